The molecule has 1 aromatic heterocycles. The first-order valence-electron chi connectivity index (χ1n) is 5.61. The van der Waals surface area contributed by atoms with Gasteiger partial charge < -0.3 is 19.8 Å². The second-order valence-electron chi connectivity index (χ2n) is 4.02. The molecule has 8 heteroatoms. The molecule has 0 aliphatic carbocycles. The quantitative estimate of drug-likeness (QED) is 0.557. The zero-order valence-electron chi connectivity index (χ0n) is 10.0. The van der Waals surface area contributed by atoms with E-state index < -0.39 is 4.92 Å². The van der Waals surface area contributed by atoms with Crippen LogP contribution in [0.5, 0.6) is 0 Å². The molecule has 8 nitrogen and oxygen atoms in total. The van der Waals surface area contributed by atoms with Crippen molar-refractivity contribution in [2.45, 2.75) is 13.5 Å². The molecule has 0 atom stereocenters. The Labute approximate surface area is 103 Å². The fraction of sp³-hybridized carbons (Fsp3) is 0.600. The lowest BCUT2D eigenvalue weighted by atomic mass is 10.4. The van der Waals surface area contributed by atoms with Crippen molar-refractivity contribution in [3.05, 3.63) is 22.1 Å². The molecule has 0 bridgehead atoms. The van der Waals surface area contributed by atoms with E-state index in [9.17, 15) is 14.9 Å². The van der Waals surface area contributed by atoms with Gasteiger partial charge >= 0.3 is 5.82 Å². The van der Waals surface area contributed by atoms with Gasteiger partial charge in [-0.25, -0.2) is 0 Å². The van der Waals surface area contributed by atoms with Crippen molar-refractivity contribution in [2.75, 3.05) is 26.3 Å². The molecule has 1 aromatic rings. The van der Waals surface area contributed by atoms with Gasteiger partial charge in [-0.3, -0.25) is 9.36 Å². The van der Waals surface area contributed by atoms with Gasteiger partial charge in [0.2, 0.25) is 11.7 Å². The summed E-state index contributed by atoms with van der Waals surface area (Å²) in [5, 5.41) is 10.6. The van der Waals surface area contributed by atoms with Gasteiger partial charge in [-0.2, -0.15) is 0 Å². The summed E-state index contributed by atoms with van der Waals surface area (Å²) >= 11 is 0. The van der Waals surface area contributed by atoms with Gasteiger partial charge in [-0.1, -0.05) is 0 Å². The predicted octanol–water partition coefficient (Wildman–Crippen LogP) is -0.0415. The lowest BCUT2D eigenvalue weighted by molar-refractivity contribution is -0.389. The maximum atomic E-state index is 12.0. The Morgan fingerprint density at radius 3 is 2.78 bits per heavy atom. The number of aryl methyl sites for hydroxylation is 1. The fourth-order valence-corrected chi connectivity index (χ4v) is 1.80. The number of rotatable bonds is 3. The molecule has 18 heavy (non-hydrogen) atoms. The molecule has 1 saturated heterocycles. The molecule has 1 fully saturated rings. The Kier molecular flexibility index (Phi) is 3.56. The van der Waals surface area contributed by atoms with Crippen LogP contribution in [0.3, 0.4) is 0 Å². The van der Waals surface area contributed by atoms with Crippen LogP contribution in [0.2, 0.25) is 0 Å². The van der Waals surface area contributed by atoms with Gasteiger partial charge in [-0.15, -0.1) is 0 Å². The molecule has 0 radical (unpaired) electrons. The van der Waals surface area contributed by atoms with Crippen molar-refractivity contribution in [1.29, 1.82) is 0 Å². The molecule has 2 heterocycles. The summed E-state index contributed by atoms with van der Waals surface area (Å²) in [6.45, 7) is 3.92. The summed E-state index contributed by atoms with van der Waals surface area (Å²) in [6.07, 6.45) is 1.29. The molecule has 0 unspecified atom stereocenters. The van der Waals surface area contributed by atoms with Gasteiger partial charge in [0.15, 0.2) is 0 Å². The van der Waals surface area contributed by atoms with Gasteiger partial charge in [0.1, 0.15) is 12.7 Å². The molecular weight excluding hydrogens is 240 g/mol. The first-order valence-corrected chi connectivity index (χ1v) is 5.61. The lowest BCUT2D eigenvalue weighted by Crippen LogP contribution is -2.42. The number of amides is 1. The van der Waals surface area contributed by atoms with Crippen LogP contribution in [0, 0.1) is 17.0 Å². The normalized spacial score (nSPS) is 15.7. The van der Waals surface area contributed by atoms with Crippen molar-refractivity contribution in [3.8, 4) is 0 Å². The highest BCUT2D eigenvalue weighted by atomic mass is 16.6. The van der Waals surface area contributed by atoms with Crippen molar-refractivity contribution in [2.24, 2.45) is 0 Å². The number of nitrogens with zero attached hydrogens (tertiary/aromatic N) is 4. The van der Waals surface area contributed by atoms with E-state index in [2.05, 4.69) is 4.98 Å². The van der Waals surface area contributed by atoms with Crippen LogP contribution >= 0.6 is 0 Å². The number of carbonyl (C=O) groups is 1. The molecule has 1 aliphatic rings. The van der Waals surface area contributed by atoms with E-state index in [0.29, 0.717) is 32.1 Å². The minimum absolute atomic E-state index is 0.0753. The highest BCUT2D eigenvalue weighted by Gasteiger charge is 2.21. The molecule has 98 valence electrons. The van der Waals surface area contributed by atoms with E-state index in [1.807, 2.05) is 0 Å². The van der Waals surface area contributed by atoms with E-state index in [1.165, 1.54) is 10.8 Å². The Hall–Kier alpha value is -1.96. The molecule has 0 aromatic carbocycles. The van der Waals surface area contributed by atoms with Gasteiger partial charge in [-0.05, 0) is 9.91 Å². The van der Waals surface area contributed by atoms with E-state index in [4.69, 9.17) is 4.74 Å². The third-order valence-corrected chi connectivity index (χ3v) is 2.82. The highest BCUT2D eigenvalue weighted by Crippen LogP contribution is 2.11. The second kappa shape index (κ2) is 5.13. The van der Waals surface area contributed by atoms with Crippen LogP contribution in [0.25, 0.3) is 0 Å². The maximum Gasteiger partial charge on any atom is 0.381 e. The van der Waals surface area contributed by atoms with Crippen LogP contribution in [-0.4, -0.2) is 51.6 Å². The number of hydrogen-bond donors (Lipinski definition) is 0. The maximum absolute atomic E-state index is 12.0. The number of nitro groups is 1. The van der Waals surface area contributed by atoms with Gasteiger partial charge in [0.25, 0.3) is 0 Å². The van der Waals surface area contributed by atoms with Crippen molar-refractivity contribution in [1.82, 2.24) is 14.5 Å². The van der Waals surface area contributed by atoms with E-state index >= 15 is 0 Å². The molecular formula is C10H14N4O4. The van der Waals surface area contributed by atoms with Crippen LogP contribution in [-0.2, 0) is 16.1 Å². The molecule has 0 spiro atoms. The van der Waals surface area contributed by atoms with Gasteiger partial charge in [0.05, 0.1) is 13.2 Å². The summed E-state index contributed by atoms with van der Waals surface area (Å²) < 4.78 is 6.65. The summed E-state index contributed by atoms with van der Waals surface area (Å²) in [5.74, 6) is 0.152. The monoisotopic (exact) mass is 254 g/mol. The minimum Gasteiger partial charge on any atom is -0.378 e. The summed E-state index contributed by atoms with van der Waals surface area (Å²) in [5.41, 5.74) is 0. The van der Waals surface area contributed by atoms with E-state index in [-0.39, 0.29) is 18.3 Å². The third-order valence-electron chi connectivity index (χ3n) is 2.82. The Balaban J connectivity index is 2.04. The summed E-state index contributed by atoms with van der Waals surface area (Å²) in [4.78, 5) is 27.4. The van der Waals surface area contributed by atoms with Crippen LogP contribution in [0.1, 0.15) is 5.82 Å². The Bertz CT molecular complexity index is 464. The summed E-state index contributed by atoms with van der Waals surface area (Å²) in [6, 6.07) is 0. The molecule has 0 saturated carbocycles. The van der Waals surface area contributed by atoms with Crippen molar-refractivity contribution >= 4 is 11.7 Å². The topological polar surface area (TPSA) is 90.5 Å². The standard InChI is InChI=1S/C10H14N4O4/c1-8-11-9(14(16)17)6-13(8)7-10(15)12-2-4-18-5-3-12/h6H,2-5,7H2,1H3. The number of imidazole rings is 1. The van der Waals surface area contributed by atoms with Crippen molar-refractivity contribution < 1.29 is 14.5 Å². The molecule has 1 aliphatic heterocycles. The first kappa shape index (κ1) is 12.5. The average Bonchev–Trinajstić information content (AvgIpc) is 2.72. The number of aromatic nitrogens is 2. The summed E-state index contributed by atoms with van der Waals surface area (Å²) in [7, 11) is 0. The first-order chi connectivity index (χ1) is 8.58. The highest BCUT2D eigenvalue weighted by molar-refractivity contribution is 5.76. The van der Waals surface area contributed by atoms with Crippen LogP contribution in [0.15, 0.2) is 6.20 Å². The zero-order chi connectivity index (χ0) is 13.1. The zero-order valence-corrected chi connectivity index (χ0v) is 10.0. The average molecular weight is 254 g/mol. The predicted molar refractivity (Wildman–Crippen MR) is 61.0 cm³/mol. The second-order valence-corrected chi connectivity index (χ2v) is 4.02. The fourth-order valence-electron chi connectivity index (χ4n) is 1.80. The van der Waals surface area contributed by atoms with E-state index in [1.54, 1.807) is 11.8 Å². The van der Waals surface area contributed by atoms with E-state index in [0.717, 1.165) is 0 Å². The van der Waals surface area contributed by atoms with Gasteiger partial charge in [0, 0.05) is 20.0 Å². The number of morpholine rings is 1. The Morgan fingerprint density at radius 2 is 2.22 bits per heavy atom. The largest absolute Gasteiger partial charge is 0.381 e. The SMILES string of the molecule is Cc1nc([N+](=O)[O-])cn1CC(=O)N1CCOCC1. The number of hydrogen-bond acceptors (Lipinski definition) is 5. The third kappa shape index (κ3) is 2.65. The van der Waals surface area contributed by atoms with Crippen LogP contribution in [0.4, 0.5) is 5.82 Å². The molecule has 1 amide bonds. The molecule has 0 N–H and O–H groups in total. The number of ether oxygens (including phenoxy) is 1. The lowest BCUT2D eigenvalue weighted by Gasteiger charge is -2.26. The molecule has 2 rings (SSSR count). The minimum atomic E-state index is -0.567. The Morgan fingerprint density at radius 1 is 1.56 bits per heavy atom. The van der Waals surface area contributed by atoms with Crippen molar-refractivity contribution in [3.63, 3.8) is 0 Å². The van der Waals surface area contributed by atoms with Crippen LogP contribution < -0.4 is 0 Å². The smallest absolute Gasteiger partial charge is 0.378 e. The number of carbonyl (C=O) groups excluding carboxylic acids is 1.